The number of hydrogen-bond donors (Lipinski definition) is 0. The van der Waals surface area contributed by atoms with Gasteiger partial charge in [0.2, 0.25) is 10.0 Å². The second-order valence-corrected chi connectivity index (χ2v) is 7.22. The van der Waals surface area contributed by atoms with Gasteiger partial charge >= 0.3 is 0 Å². The van der Waals surface area contributed by atoms with Crippen LogP contribution in [0, 0.1) is 5.82 Å². The van der Waals surface area contributed by atoms with E-state index in [4.69, 9.17) is 0 Å². The largest absolute Gasteiger partial charge is 0.218 e. The lowest BCUT2D eigenvalue weighted by Gasteiger charge is -2.30. The van der Waals surface area contributed by atoms with E-state index in [0.717, 1.165) is 25.7 Å². The average Bonchev–Trinajstić information content (AvgIpc) is 2.41. The van der Waals surface area contributed by atoms with Crippen LogP contribution in [0.4, 0.5) is 4.39 Å². The van der Waals surface area contributed by atoms with Crippen LogP contribution in [0.3, 0.4) is 0 Å². The first kappa shape index (κ1) is 14.5. The standard InChI is InChI=1S/C14H20FNO2S/c1-16(14-5-3-2-4-6-14)19(17,18)11-12-7-9-13(15)10-8-12/h7-10,14H,2-6,11H2,1H3. The van der Waals surface area contributed by atoms with Gasteiger partial charge in [0, 0.05) is 13.1 Å². The van der Waals surface area contributed by atoms with Crippen molar-refractivity contribution in [2.75, 3.05) is 7.05 Å². The van der Waals surface area contributed by atoms with Crippen LogP contribution in [-0.2, 0) is 15.8 Å². The molecular formula is C14H20FNO2S. The van der Waals surface area contributed by atoms with Crippen molar-refractivity contribution in [3.05, 3.63) is 35.6 Å². The molecule has 1 aromatic rings. The molecule has 1 fully saturated rings. The average molecular weight is 285 g/mol. The Kier molecular flexibility index (Phi) is 4.58. The number of hydrogen-bond acceptors (Lipinski definition) is 2. The first-order chi connectivity index (χ1) is 8.99. The lowest BCUT2D eigenvalue weighted by molar-refractivity contribution is 0.285. The minimum absolute atomic E-state index is 0.0553. The van der Waals surface area contributed by atoms with E-state index in [-0.39, 0.29) is 17.6 Å². The molecule has 3 nitrogen and oxygen atoms in total. The smallest absolute Gasteiger partial charge is 0.212 e. The molecule has 1 saturated carbocycles. The SMILES string of the molecule is CN(C1CCCCC1)S(=O)(=O)Cc1ccc(F)cc1. The third-order valence-electron chi connectivity index (χ3n) is 3.79. The van der Waals surface area contributed by atoms with Crippen molar-refractivity contribution in [1.82, 2.24) is 4.31 Å². The zero-order valence-electron chi connectivity index (χ0n) is 11.2. The fourth-order valence-electron chi connectivity index (χ4n) is 2.56. The number of nitrogens with zero attached hydrogens (tertiary/aromatic N) is 1. The number of benzene rings is 1. The quantitative estimate of drug-likeness (QED) is 0.853. The summed E-state index contributed by atoms with van der Waals surface area (Å²) >= 11 is 0. The Bertz CT molecular complexity index is 507. The van der Waals surface area contributed by atoms with E-state index in [1.807, 2.05) is 0 Å². The second kappa shape index (κ2) is 6.01. The molecule has 0 atom stereocenters. The van der Waals surface area contributed by atoms with E-state index in [1.165, 1.54) is 35.0 Å². The molecule has 1 aliphatic carbocycles. The Hall–Kier alpha value is -0.940. The van der Waals surface area contributed by atoms with Gasteiger partial charge in [-0.2, -0.15) is 0 Å². The molecule has 0 unspecified atom stereocenters. The molecule has 5 heteroatoms. The summed E-state index contributed by atoms with van der Waals surface area (Å²) < 4.78 is 39.0. The van der Waals surface area contributed by atoms with Gasteiger partial charge in [-0.3, -0.25) is 0 Å². The summed E-state index contributed by atoms with van der Waals surface area (Å²) in [5.41, 5.74) is 0.629. The minimum Gasteiger partial charge on any atom is -0.212 e. The highest BCUT2D eigenvalue weighted by Crippen LogP contribution is 2.24. The molecule has 0 spiro atoms. The van der Waals surface area contributed by atoms with Crippen LogP contribution >= 0.6 is 0 Å². The van der Waals surface area contributed by atoms with Crippen molar-refractivity contribution in [2.45, 2.75) is 43.9 Å². The molecule has 0 aromatic heterocycles. The topological polar surface area (TPSA) is 37.4 Å². The minimum atomic E-state index is -3.31. The van der Waals surface area contributed by atoms with Crippen molar-refractivity contribution >= 4 is 10.0 Å². The Morgan fingerprint density at radius 2 is 1.74 bits per heavy atom. The van der Waals surface area contributed by atoms with Crippen molar-refractivity contribution in [3.8, 4) is 0 Å². The molecule has 106 valence electrons. The highest BCUT2D eigenvalue weighted by atomic mass is 32.2. The van der Waals surface area contributed by atoms with Gasteiger partial charge in [-0.1, -0.05) is 31.4 Å². The van der Waals surface area contributed by atoms with Crippen molar-refractivity contribution < 1.29 is 12.8 Å². The predicted molar refractivity (Wildman–Crippen MR) is 73.7 cm³/mol. The first-order valence-electron chi connectivity index (χ1n) is 6.69. The number of rotatable bonds is 4. The Morgan fingerprint density at radius 1 is 1.16 bits per heavy atom. The van der Waals surface area contributed by atoms with Crippen LogP contribution in [0.2, 0.25) is 0 Å². The van der Waals surface area contributed by atoms with Crippen LogP contribution in [0.5, 0.6) is 0 Å². The molecule has 1 aromatic carbocycles. The van der Waals surface area contributed by atoms with Crippen molar-refractivity contribution in [3.63, 3.8) is 0 Å². The van der Waals surface area contributed by atoms with Gasteiger partial charge in [0.25, 0.3) is 0 Å². The molecule has 0 aliphatic heterocycles. The maximum absolute atomic E-state index is 12.8. The highest BCUT2D eigenvalue weighted by molar-refractivity contribution is 7.88. The van der Waals surface area contributed by atoms with E-state index in [2.05, 4.69) is 0 Å². The maximum atomic E-state index is 12.8. The van der Waals surface area contributed by atoms with Crippen LogP contribution in [0.1, 0.15) is 37.7 Å². The number of halogens is 1. The molecule has 19 heavy (non-hydrogen) atoms. The normalized spacial score (nSPS) is 17.8. The molecule has 2 rings (SSSR count). The molecule has 0 amide bonds. The Labute approximate surface area is 114 Å². The lowest BCUT2D eigenvalue weighted by atomic mass is 9.96. The summed E-state index contributed by atoms with van der Waals surface area (Å²) in [5, 5.41) is 0. The van der Waals surface area contributed by atoms with Crippen molar-refractivity contribution in [1.29, 1.82) is 0 Å². The number of sulfonamides is 1. The fraction of sp³-hybridized carbons (Fsp3) is 0.571. The summed E-state index contributed by atoms with van der Waals surface area (Å²) in [6.45, 7) is 0. The molecule has 0 bridgehead atoms. The molecule has 1 aliphatic rings. The molecule has 0 saturated heterocycles. The monoisotopic (exact) mass is 285 g/mol. The summed E-state index contributed by atoms with van der Waals surface area (Å²) in [7, 11) is -1.65. The first-order valence-corrected chi connectivity index (χ1v) is 8.30. The van der Waals surface area contributed by atoms with E-state index in [0.29, 0.717) is 5.56 Å². The second-order valence-electron chi connectivity index (χ2n) is 5.19. The molecule has 0 N–H and O–H groups in total. The predicted octanol–water partition coefficient (Wildman–Crippen LogP) is 2.92. The van der Waals surface area contributed by atoms with Gasteiger partial charge in [0.1, 0.15) is 5.82 Å². The summed E-state index contributed by atoms with van der Waals surface area (Å²) in [5.74, 6) is -0.401. The van der Waals surface area contributed by atoms with Crippen LogP contribution < -0.4 is 0 Å². The third kappa shape index (κ3) is 3.76. The van der Waals surface area contributed by atoms with Gasteiger partial charge < -0.3 is 0 Å². The fourth-order valence-corrected chi connectivity index (χ4v) is 4.05. The summed E-state index contributed by atoms with van der Waals surface area (Å²) in [4.78, 5) is 0. The maximum Gasteiger partial charge on any atom is 0.218 e. The zero-order valence-corrected chi connectivity index (χ0v) is 12.0. The van der Waals surface area contributed by atoms with Gasteiger partial charge in [-0.05, 0) is 30.5 Å². The van der Waals surface area contributed by atoms with E-state index >= 15 is 0 Å². The van der Waals surface area contributed by atoms with Gasteiger partial charge in [0.05, 0.1) is 5.75 Å². The van der Waals surface area contributed by atoms with Crippen LogP contribution in [0.25, 0.3) is 0 Å². The van der Waals surface area contributed by atoms with E-state index in [9.17, 15) is 12.8 Å². The summed E-state index contributed by atoms with van der Waals surface area (Å²) in [6, 6.07) is 5.78. The summed E-state index contributed by atoms with van der Waals surface area (Å²) in [6.07, 6.45) is 5.28. The van der Waals surface area contributed by atoms with Gasteiger partial charge in [0.15, 0.2) is 0 Å². The van der Waals surface area contributed by atoms with E-state index in [1.54, 1.807) is 7.05 Å². The molecule has 0 heterocycles. The third-order valence-corrected chi connectivity index (χ3v) is 5.66. The van der Waals surface area contributed by atoms with Crippen LogP contribution in [0.15, 0.2) is 24.3 Å². The van der Waals surface area contributed by atoms with Gasteiger partial charge in [-0.25, -0.2) is 17.1 Å². The van der Waals surface area contributed by atoms with Crippen molar-refractivity contribution in [2.24, 2.45) is 0 Å². The Balaban J connectivity index is 2.06. The zero-order chi connectivity index (χ0) is 13.9. The highest BCUT2D eigenvalue weighted by Gasteiger charge is 2.27. The van der Waals surface area contributed by atoms with Gasteiger partial charge in [-0.15, -0.1) is 0 Å². The van der Waals surface area contributed by atoms with E-state index < -0.39 is 10.0 Å². The molecule has 0 radical (unpaired) electrons. The van der Waals surface area contributed by atoms with Crippen LogP contribution in [-0.4, -0.2) is 25.8 Å². The Morgan fingerprint density at radius 3 is 2.32 bits per heavy atom. The lowest BCUT2D eigenvalue weighted by Crippen LogP contribution is -2.38. The molecular weight excluding hydrogens is 265 g/mol.